The molecular formula is C12H19N5O. The maximum atomic E-state index is 11.2. The SMILES string of the molecule is CC(C)(CNCNN)c1ccc2[nH]c(=O)[nH]c2c1. The maximum Gasteiger partial charge on any atom is 0.323 e. The predicted octanol–water partition coefficient (Wildman–Crippen LogP) is 0.144. The fourth-order valence-corrected chi connectivity index (χ4v) is 2.00. The Morgan fingerprint density at radius 3 is 2.72 bits per heavy atom. The van der Waals surface area contributed by atoms with Crippen LogP contribution < -0.4 is 22.3 Å². The quantitative estimate of drug-likeness (QED) is 0.225. The number of hydrazine groups is 1. The van der Waals surface area contributed by atoms with Crippen LogP contribution in [0.3, 0.4) is 0 Å². The molecule has 0 spiro atoms. The third-order valence-electron chi connectivity index (χ3n) is 3.09. The third-order valence-corrected chi connectivity index (χ3v) is 3.09. The molecular weight excluding hydrogens is 230 g/mol. The van der Waals surface area contributed by atoms with Gasteiger partial charge >= 0.3 is 5.69 Å². The Kier molecular flexibility index (Phi) is 3.51. The van der Waals surface area contributed by atoms with Crippen molar-refractivity contribution in [3.05, 3.63) is 34.2 Å². The molecule has 18 heavy (non-hydrogen) atoms. The monoisotopic (exact) mass is 249 g/mol. The minimum Gasteiger partial charge on any atom is -0.306 e. The number of aromatic nitrogens is 2. The summed E-state index contributed by atoms with van der Waals surface area (Å²) in [6.45, 7) is 5.63. The molecule has 0 radical (unpaired) electrons. The molecule has 1 aromatic carbocycles. The Morgan fingerprint density at radius 2 is 2.00 bits per heavy atom. The standard InChI is InChI=1S/C12H19N5O/c1-12(2,6-14-7-15-13)8-3-4-9-10(5-8)17-11(18)16-9/h3-5,14-15H,6-7,13H2,1-2H3,(H2,16,17,18). The smallest absolute Gasteiger partial charge is 0.306 e. The average molecular weight is 249 g/mol. The van der Waals surface area contributed by atoms with Gasteiger partial charge in [0.2, 0.25) is 0 Å². The Balaban J connectivity index is 2.25. The van der Waals surface area contributed by atoms with Crippen LogP contribution in [0.2, 0.25) is 0 Å². The number of hydrogen-bond acceptors (Lipinski definition) is 4. The molecule has 0 saturated carbocycles. The van der Waals surface area contributed by atoms with E-state index in [0.29, 0.717) is 6.67 Å². The van der Waals surface area contributed by atoms with Crippen LogP contribution >= 0.6 is 0 Å². The fourth-order valence-electron chi connectivity index (χ4n) is 2.00. The van der Waals surface area contributed by atoms with E-state index in [9.17, 15) is 4.79 Å². The Hall–Kier alpha value is -1.63. The van der Waals surface area contributed by atoms with Gasteiger partial charge < -0.3 is 15.3 Å². The summed E-state index contributed by atoms with van der Waals surface area (Å²) in [4.78, 5) is 16.7. The summed E-state index contributed by atoms with van der Waals surface area (Å²) in [6, 6.07) is 5.96. The summed E-state index contributed by atoms with van der Waals surface area (Å²) in [7, 11) is 0. The molecule has 6 heteroatoms. The van der Waals surface area contributed by atoms with Gasteiger partial charge in [0.15, 0.2) is 0 Å². The second-order valence-electron chi connectivity index (χ2n) is 5.03. The van der Waals surface area contributed by atoms with Crippen molar-refractivity contribution in [1.82, 2.24) is 20.7 Å². The maximum absolute atomic E-state index is 11.2. The van der Waals surface area contributed by atoms with Crippen LogP contribution in [0.25, 0.3) is 11.0 Å². The molecule has 6 nitrogen and oxygen atoms in total. The van der Waals surface area contributed by atoms with E-state index in [1.54, 1.807) is 0 Å². The van der Waals surface area contributed by atoms with Gasteiger partial charge in [-0.25, -0.2) is 10.2 Å². The van der Waals surface area contributed by atoms with Gasteiger partial charge in [-0.1, -0.05) is 19.9 Å². The predicted molar refractivity (Wildman–Crippen MR) is 72.1 cm³/mol. The van der Waals surface area contributed by atoms with Crippen LogP contribution in [0.1, 0.15) is 19.4 Å². The fraction of sp³-hybridized carbons (Fsp3) is 0.417. The zero-order valence-electron chi connectivity index (χ0n) is 10.6. The van der Waals surface area contributed by atoms with Gasteiger partial charge in [-0.2, -0.15) is 0 Å². The molecule has 0 fully saturated rings. The lowest BCUT2D eigenvalue weighted by Gasteiger charge is -2.25. The van der Waals surface area contributed by atoms with Gasteiger partial charge in [-0.15, -0.1) is 0 Å². The van der Waals surface area contributed by atoms with Gasteiger partial charge in [0, 0.05) is 12.0 Å². The number of rotatable bonds is 5. The van der Waals surface area contributed by atoms with E-state index < -0.39 is 0 Å². The number of nitrogens with one attached hydrogen (secondary N) is 4. The number of nitrogens with two attached hydrogens (primary N) is 1. The van der Waals surface area contributed by atoms with Crippen molar-refractivity contribution in [2.45, 2.75) is 19.3 Å². The number of H-pyrrole nitrogens is 2. The van der Waals surface area contributed by atoms with E-state index in [4.69, 9.17) is 5.84 Å². The molecule has 0 unspecified atom stereocenters. The highest BCUT2D eigenvalue weighted by atomic mass is 16.1. The van der Waals surface area contributed by atoms with Crippen LogP contribution in [-0.4, -0.2) is 23.2 Å². The van der Waals surface area contributed by atoms with Crippen molar-refractivity contribution in [3.63, 3.8) is 0 Å². The second kappa shape index (κ2) is 4.93. The molecule has 1 heterocycles. The molecule has 0 amide bonds. The number of fused-ring (bicyclic) bond motifs is 1. The van der Waals surface area contributed by atoms with E-state index in [-0.39, 0.29) is 11.1 Å². The summed E-state index contributed by atoms with van der Waals surface area (Å²) < 4.78 is 0. The van der Waals surface area contributed by atoms with Crippen molar-refractivity contribution in [2.24, 2.45) is 5.84 Å². The van der Waals surface area contributed by atoms with Crippen LogP contribution in [0.15, 0.2) is 23.0 Å². The lowest BCUT2D eigenvalue weighted by molar-refractivity contribution is 0.455. The molecule has 0 atom stereocenters. The van der Waals surface area contributed by atoms with E-state index in [1.807, 2.05) is 18.2 Å². The van der Waals surface area contributed by atoms with Gasteiger partial charge in [0.25, 0.3) is 0 Å². The Morgan fingerprint density at radius 1 is 1.28 bits per heavy atom. The third kappa shape index (κ3) is 2.61. The molecule has 0 bridgehead atoms. The number of benzene rings is 1. The summed E-state index contributed by atoms with van der Waals surface area (Å²) in [6.07, 6.45) is 0. The number of aromatic amines is 2. The first-order valence-electron chi connectivity index (χ1n) is 5.90. The minimum absolute atomic E-state index is 0.0425. The van der Waals surface area contributed by atoms with Crippen molar-refractivity contribution >= 4 is 11.0 Å². The van der Waals surface area contributed by atoms with Gasteiger partial charge in [0.05, 0.1) is 17.7 Å². The molecule has 0 aliphatic carbocycles. The summed E-state index contributed by atoms with van der Waals surface area (Å²) in [5.41, 5.74) is 5.17. The Bertz CT molecular complexity index is 583. The lowest BCUT2D eigenvalue weighted by Crippen LogP contribution is -2.40. The zero-order chi connectivity index (χ0) is 13.2. The first-order valence-corrected chi connectivity index (χ1v) is 5.90. The van der Waals surface area contributed by atoms with Gasteiger partial charge in [0.1, 0.15) is 0 Å². The van der Waals surface area contributed by atoms with Crippen molar-refractivity contribution in [3.8, 4) is 0 Å². The minimum atomic E-state index is -0.176. The van der Waals surface area contributed by atoms with Crippen molar-refractivity contribution < 1.29 is 0 Å². The highest BCUT2D eigenvalue weighted by Crippen LogP contribution is 2.24. The molecule has 98 valence electrons. The molecule has 1 aromatic heterocycles. The molecule has 2 rings (SSSR count). The van der Waals surface area contributed by atoms with Crippen molar-refractivity contribution in [2.75, 3.05) is 13.2 Å². The zero-order valence-corrected chi connectivity index (χ0v) is 10.6. The normalized spacial score (nSPS) is 12.2. The number of hydrogen-bond donors (Lipinski definition) is 5. The lowest BCUT2D eigenvalue weighted by atomic mass is 9.84. The molecule has 0 aliphatic heterocycles. The van der Waals surface area contributed by atoms with Crippen LogP contribution in [0, 0.1) is 0 Å². The van der Waals surface area contributed by atoms with E-state index in [1.165, 1.54) is 0 Å². The van der Waals surface area contributed by atoms with Crippen LogP contribution in [-0.2, 0) is 5.41 Å². The van der Waals surface area contributed by atoms with Gasteiger partial charge in [-0.05, 0) is 17.7 Å². The highest BCUT2D eigenvalue weighted by molar-refractivity contribution is 5.75. The highest BCUT2D eigenvalue weighted by Gasteiger charge is 2.20. The van der Waals surface area contributed by atoms with Crippen molar-refractivity contribution in [1.29, 1.82) is 0 Å². The van der Waals surface area contributed by atoms with Crippen LogP contribution in [0.4, 0.5) is 0 Å². The largest absolute Gasteiger partial charge is 0.323 e. The van der Waals surface area contributed by atoms with Crippen LogP contribution in [0.5, 0.6) is 0 Å². The molecule has 6 N–H and O–H groups in total. The average Bonchev–Trinajstić information content (AvgIpc) is 2.68. The summed E-state index contributed by atoms with van der Waals surface area (Å²) in [5, 5.41) is 3.21. The first kappa shape index (κ1) is 12.8. The second-order valence-corrected chi connectivity index (χ2v) is 5.03. The molecule has 2 aromatic rings. The summed E-state index contributed by atoms with van der Waals surface area (Å²) in [5.74, 6) is 5.22. The molecule has 0 aliphatic rings. The van der Waals surface area contributed by atoms with E-state index >= 15 is 0 Å². The van der Waals surface area contributed by atoms with Gasteiger partial charge in [-0.3, -0.25) is 5.84 Å². The molecule has 0 saturated heterocycles. The summed E-state index contributed by atoms with van der Waals surface area (Å²) >= 11 is 0. The first-order chi connectivity index (χ1) is 8.53. The topological polar surface area (TPSA) is 98.7 Å². The van der Waals surface area contributed by atoms with E-state index in [0.717, 1.165) is 23.1 Å². The Labute approximate surface area is 105 Å². The van der Waals surface area contributed by atoms with E-state index in [2.05, 4.69) is 34.6 Å². The number of imidazole rings is 1.